The van der Waals surface area contributed by atoms with Gasteiger partial charge in [-0.1, -0.05) is 6.07 Å². The van der Waals surface area contributed by atoms with Gasteiger partial charge in [-0.15, -0.1) is 0 Å². The molecule has 0 spiro atoms. The Kier molecular flexibility index (Phi) is 4.23. The summed E-state index contributed by atoms with van der Waals surface area (Å²) in [4.78, 5) is -0.143. The zero-order valence-electron chi connectivity index (χ0n) is 8.08. The van der Waals surface area contributed by atoms with E-state index in [1.807, 2.05) is 34.7 Å². The lowest BCUT2D eigenvalue weighted by Gasteiger charge is -2.13. The third kappa shape index (κ3) is 2.87. The van der Waals surface area contributed by atoms with Crippen LogP contribution in [0, 0.1) is 10.7 Å². The van der Waals surface area contributed by atoms with Crippen LogP contribution >= 0.6 is 67.8 Å². The Labute approximate surface area is 140 Å². The first-order valence-electron chi connectivity index (χ1n) is 4.34. The van der Waals surface area contributed by atoms with Gasteiger partial charge in [0.1, 0.15) is 10.1 Å². The van der Waals surface area contributed by atoms with E-state index in [2.05, 4.69) is 45.2 Å². The second kappa shape index (κ2) is 5.06. The molecule has 2 rings (SSSR count). The molecule has 0 unspecified atom stereocenters. The lowest BCUT2D eigenvalue weighted by molar-refractivity contribution is 0.464. The maximum Gasteiger partial charge on any atom is 0.125 e. The molecule has 0 aliphatic heterocycles. The van der Waals surface area contributed by atoms with E-state index >= 15 is 0 Å². The van der Waals surface area contributed by atoms with Gasteiger partial charge < -0.3 is 4.55 Å². The Bertz CT molecular complexity index is 710. The molecule has 0 N–H and O–H groups in total. The Hall–Kier alpha value is 0.800. The van der Waals surface area contributed by atoms with Crippen molar-refractivity contribution < 1.29 is 13.0 Å². The van der Waals surface area contributed by atoms with Crippen LogP contribution in [0.5, 0.6) is 0 Å². The van der Waals surface area contributed by atoms with Crippen LogP contribution < -0.4 is 0 Å². The third-order valence-corrected chi connectivity index (χ3v) is 6.81. The fraction of sp³-hybridized carbons (Fsp3) is 0. The molecular weight excluding hydrogens is 581 g/mol. The summed E-state index contributed by atoms with van der Waals surface area (Å²) in [5.74, 6) is 0. The second-order valence-corrected chi connectivity index (χ2v) is 8.15. The van der Waals surface area contributed by atoms with E-state index in [0.29, 0.717) is 5.39 Å². The van der Waals surface area contributed by atoms with Crippen LogP contribution in [0.3, 0.4) is 0 Å². The summed E-state index contributed by atoms with van der Waals surface area (Å²) in [6, 6.07) is 6.89. The van der Waals surface area contributed by atoms with E-state index in [-0.39, 0.29) is 4.90 Å². The van der Waals surface area contributed by atoms with Gasteiger partial charge in [-0.3, -0.25) is 0 Å². The molecule has 17 heavy (non-hydrogen) atoms. The van der Waals surface area contributed by atoms with Crippen LogP contribution in [0.15, 0.2) is 29.2 Å². The highest BCUT2D eigenvalue weighted by molar-refractivity contribution is 14.1. The first kappa shape index (κ1) is 14.2. The lowest BCUT2D eigenvalue weighted by atomic mass is 10.1. The van der Waals surface area contributed by atoms with Crippen molar-refractivity contribution in [1.82, 2.24) is 0 Å². The average molecular weight is 585 g/mol. The van der Waals surface area contributed by atoms with Crippen molar-refractivity contribution in [2.75, 3.05) is 0 Å². The summed E-state index contributed by atoms with van der Waals surface area (Å²) in [5.41, 5.74) is 0. The van der Waals surface area contributed by atoms with Crippen LogP contribution in [0.1, 0.15) is 0 Å². The summed E-state index contributed by atoms with van der Waals surface area (Å²) in [6.45, 7) is 0. The highest BCUT2D eigenvalue weighted by atomic mass is 127. The third-order valence-electron chi connectivity index (χ3n) is 2.22. The molecule has 0 radical (unpaired) electrons. The van der Waals surface area contributed by atoms with Crippen molar-refractivity contribution in [3.05, 3.63) is 35.0 Å². The second-order valence-electron chi connectivity index (χ2n) is 3.31. The standard InChI is InChI=1S/C10H5I3O3S/c11-5-1-2-6-7(3-5)9(17(14,15)16)4-8(12)10(6)13/h1-4H,(H,14,15,16)/p-1. The molecule has 0 heterocycles. The minimum absolute atomic E-state index is 0.143. The summed E-state index contributed by atoms with van der Waals surface area (Å²) >= 11 is 6.28. The van der Waals surface area contributed by atoms with Gasteiger partial charge in [-0.05, 0) is 91.4 Å². The Morgan fingerprint density at radius 3 is 2.24 bits per heavy atom. The fourth-order valence-electron chi connectivity index (χ4n) is 1.50. The normalized spacial score (nSPS) is 12.0. The summed E-state index contributed by atoms with van der Waals surface area (Å²) in [6.07, 6.45) is 0. The maximum absolute atomic E-state index is 11.3. The quantitative estimate of drug-likeness (QED) is 0.381. The molecule has 7 heteroatoms. The van der Waals surface area contributed by atoms with E-state index in [1.165, 1.54) is 6.07 Å². The molecule has 0 aliphatic rings. The molecule has 0 atom stereocenters. The number of benzene rings is 2. The zero-order valence-corrected chi connectivity index (χ0v) is 15.4. The van der Waals surface area contributed by atoms with Gasteiger partial charge >= 0.3 is 0 Å². The predicted molar refractivity (Wildman–Crippen MR) is 90.1 cm³/mol. The molecule has 0 saturated heterocycles. The van der Waals surface area contributed by atoms with Gasteiger partial charge in [0.05, 0.1) is 4.90 Å². The number of halogens is 3. The van der Waals surface area contributed by atoms with E-state index in [9.17, 15) is 13.0 Å². The smallest absolute Gasteiger partial charge is 0.125 e. The Morgan fingerprint density at radius 2 is 1.65 bits per heavy atom. The summed E-state index contributed by atoms with van der Waals surface area (Å²) in [5, 5.41) is 1.30. The van der Waals surface area contributed by atoms with Crippen LogP contribution in [0.2, 0.25) is 0 Å². The average Bonchev–Trinajstić information content (AvgIpc) is 2.21. The minimum atomic E-state index is -4.45. The van der Waals surface area contributed by atoms with Gasteiger partial charge in [0.25, 0.3) is 0 Å². The van der Waals surface area contributed by atoms with Gasteiger partial charge in [0, 0.05) is 16.1 Å². The summed E-state index contributed by atoms with van der Waals surface area (Å²) in [7, 11) is -4.45. The van der Waals surface area contributed by atoms with Gasteiger partial charge in [-0.25, -0.2) is 8.42 Å². The highest BCUT2D eigenvalue weighted by Gasteiger charge is 2.13. The number of fused-ring (bicyclic) bond motifs is 1. The van der Waals surface area contributed by atoms with E-state index in [4.69, 9.17) is 0 Å². The first-order valence-corrected chi connectivity index (χ1v) is 8.98. The van der Waals surface area contributed by atoms with Crippen LogP contribution in [0.4, 0.5) is 0 Å². The SMILES string of the molecule is O=S(=O)([O-])c1cc(I)c(I)c2ccc(I)cc12. The van der Waals surface area contributed by atoms with Crippen molar-refractivity contribution in [3.63, 3.8) is 0 Å². The lowest BCUT2D eigenvalue weighted by Crippen LogP contribution is -2.02. The van der Waals surface area contributed by atoms with Crippen molar-refractivity contribution >= 4 is 88.7 Å². The monoisotopic (exact) mass is 585 g/mol. The molecule has 2 aromatic carbocycles. The minimum Gasteiger partial charge on any atom is -0.744 e. The largest absolute Gasteiger partial charge is 0.744 e. The van der Waals surface area contributed by atoms with Gasteiger partial charge in [0.15, 0.2) is 0 Å². The van der Waals surface area contributed by atoms with Crippen LogP contribution in [-0.2, 0) is 10.1 Å². The van der Waals surface area contributed by atoms with Crippen molar-refractivity contribution in [2.24, 2.45) is 0 Å². The maximum atomic E-state index is 11.3. The predicted octanol–water partition coefficient (Wildman–Crippen LogP) is 3.56. The molecule has 0 fully saturated rings. The van der Waals surface area contributed by atoms with Crippen LogP contribution in [0.25, 0.3) is 10.8 Å². The van der Waals surface area contributed by atoms with Gasteiger partial charge in [-0.2, -0.15) is 0 Å². The molecule has 3 nitrogen and oxygen atoms in total. The van der Waals surface area contributed by atoms with Crippen LogP contribution in [-0.4, -0.2) is 13.0 Å². The van der Waals surface area contributed by atoms with E-state index in [1.54, 1.807) is 6.07 Å². The molecule has 0 amide bonds. The van der Waals surface area contributed by atoms with Crippen molar-refractivity contribution in [3.8, 4) is 0 Å². The number of hydrogen-bond donors (Lipinski definition) is 0. The Balaban J connectivity index is 3.04. The van der Waals surface area contributed by atoms with E-state index < -0.39 is 10.1 Å². The molecule has 0 aliphatic carbocycles. The van der Waals surface area contributed by atoms with Crippen molar-refractivity contribution in [1.29, 1.82) is 0 Å². The molecule has 0 bridgehead atoms. The molecule has 90 valence electrons. The first-order chi connectivity index (χ1) is 7.80. The molecule has 0 saturated carbocycles. The fourth-order valence-corrected chi connectivity index (χ4v) is 4.13. The van der Waals surface area contributed by atoms with Gasteiger partial charge in [0.2, 0.25) is 0 Å². The Morgan fingerprint density at radius 1 is 1.00 bits per heavy atom. The molecule has 0 aromatic heterocycles. The zero-order chi connectivity index (χ0) is 12.8. The summed E-state index contributed by atoms with van der Waals surface area (Å²) < 4.78 is 36.4. The number of hydrogen-bond acceptors (Lipinski definition) is 3. The molecule has 2 aromatic rings. The topological polar surface area (TPSA) is 57.2 Å². The van der Waals surface area contributed by atoms with E-state index in [0.717, 1.165) is 16.1 Å². The highest BCUT2D eigenvalue weighted by Crippen LogP contribution is 2.32. The number of rotatable bonds is 1. The molecular formula is C10H4I3O3S-. The van der Waals surface area contributed by atoms with Crippen molar-refractivity contribution in [2.45, 2.75) is 4.90 Å².